The molecule has 0 radical (unpaired) electrons. The number of ether oxygens (including phenoxy) is 1. The minimum absolute atomic E-state index is 0.190. The molecule has 0 N–H and O–H groups in total. The average molecular weight is 348 g/mol. The molecule has 2 rings (SSSR count). The van der Waals surface area contributed by atoms with Gasteiger partial charge in [-0.25, -0.2) is 22.2 Å². The maximum Gasteiger partial charge on any atom is 0.420 e. The van der Waals surface area contributed by atoms with Crippen LogP contribution in [0.5, 0.6) is 0 Å². The quantitative estimate of drug-likeness (QED) is 0.736. The number of rotatable bonds is 1. The highest BCUT2D eigenvalue weighted by Crippen LogP contribution is 2.32. The number of hydrogen-bond donors (Lipinski definition) is 0. The van der Waals surface area contributed by atoms with Crippen LogP contribution < -0.4 is 0 Å². The molecule has 0 bridgehead atoms. The summed E-state index contributed by atoms with van der Waals surface area (Å²) in [5.41, 5.74) is -0.419. The fraction of sp³-hybridized carbons (Fsp3) is 0.357. The van der Waals surface area contributed by atoms with E-state index in [-0.39, 0.29) is 16.5 Å². The van der Waals surface area contributed by atoms with Crippen molar-refractivity contribution in [2.24, 2.45) is 0 Å². The van der Waals surface area contributed by atoms with Gasteiger partial charge in [-0.3, -0.25) is 0 Å². The summed E-state index contributed by atoms with van der Waals surface area (Å²) in [6.45, 7) is 6.41. The van der Waals surface area contributed by atoms with Crippen LogP contribution in [0.3, 0.4) is 0 Å². The fourth-order valence-corrected chi connectivity index (χ4v) is 3.60. The Hall–Kier alpha value is -1.60. The van der Waals surface area contributed by atoms with Gasteiger partial charge in [0, 0.05) is 16.1 Å². The van der Waals surface area contributed by atoms with E-state index in [2.05, 4.69) is 0 Å². The van der Waals surface area contributed by atoms with Crippen molar-refractivity contribution in [3.8, 4) is 0 Å². The SMILES string of the molecule is Cc1c(S(=O)(=O)Cl)n(C(=O)OC(C)(C)C)c2ccc(F)cc12. The zero-order valence-electron chi connectivity index (χ0n) is 12.5. The lowest BCUT2D eigenvalue weighted by atomic mass is 10.2. The van der Waals surface area contributed by atoms with E-state index in [1.165, 1.54) is 13.0 Å². The van der Waals surface area contributed by atoms with Crippen LogP contribution >= 0.6 is 10.7 Å². The molecule has 22 heavy (non-hydrogen) atoms. The van der Waals surface area contributed by atoms with Crippen molar-refractivity contribution in [3.05, 3.63) is 29.6 Å². The van der Waals surface area contributed by atoms with Gasteiger partial charge >= 0.3 is 6.09 Å². The normalized spacial score (nSPS) is 12.6. The highest BCUT2D eigenvalue weighted by Gasteiger charge is 2.30. The van der Waals surface area contributed by atoms with E-state index in [1.807, 2.05) is 0 Å². The third kappa shape index (κ3) is 3.10. The fourth-order valence-electron chi connectivity index (χ4n) is 2.18. The number of carbonyl (C=O) groups excluding carboxylic acids is 1. The number of hydrogen-bond acceptors (Lipinski definition) is 4. The predicted molar refractivity (Wildman–Crippen MR) is 81.3 cm³/mol. The molecule has 5 nitrogen and oxygen atoms in total. The molecule has 1 aromatic heterocycles. The predicted octanol–water partition coefficient (Wildman–Crippen LogP) is 3.80. The Morgan fingerprint density at radius 3 is 2.41 bits per heavy atom. The Labute approximate surface area is 132 Å². The molecule has 2 aromatic rings. The number of nitrogens with zero attached hydrogens (tertiary/aromatic N) is 1. The Bertz CT molecular complexity index is 865. The van der Waals surface area contributed by atoms with E-state index in [1.54, 1.807) is 20.8 Å². The third-order valence-electron chi connectivity index (χ3n) is 2.93. The van der Waals surface area contributed by atoms with Crippen LogP contribution in [-0.2, 0) is 13.8 Å². The van der Waals surface area contributed by atoms with Crippen LogP contribution in [0.2, 0.25) is 0 Å². The zero-order chi connectivity index (χ0) is 16.9. The summed E-state index contributed by atoms with van der Waals surface area (Å²) in [5.74, 6) is -0.546. The van der Waals surface area contributed by atoms with E-state index < -0.39 is 31.6 Å². The molecule has 0 amide bonds. The molecule has 0 aliphatic heterocycles. The lowest BCUT2D eigenvalue weighted by Crippen LogP contribution is -2.28. The lowest BCUT2D eigenvalue weighted by Gasteiger charge is -2.20. The minimum atomic E-state index is -4.23. The van der Waals surface area contributed by atoms with Crippen LogP contribution in [-0.4, -0.2) is 24.7 Å². The van der Waals surface area contributed by atoms with Gasteiger partial charge < -0.3 is 4.74 Å². The van der Waals surface area contributed by atoms with Gasteiger partial charge in [0.1, 0.15) is 11.4 Å². The van der Waals surface area contributed by atoms with Crippen molar-refractivity contribution in [1.82, 2.24) is 4.57 Å². The summed E-state index contributed by atoms with van der Waals surface area (Å²) < 4.78 is 43.2. The topological polar surface area (TPSA) is 65.4 Å². The molecular formula is C14H15ClFNO4S. The molecule has 1 aromatic carbocycles. The maximum atomic E-state index is 13.4. The van der Waals surface area contributed by atoms with Crippen LogP contribution in [0.4, 0.5) is 9.18 Å². The summed E-state index contributed by atoms with van der Waals surface area (Å²) in [6.07, 6.45) is -0.892. The monoisotopic (exact) mass is 347 g/mol. The van der Waals surface area contributed by atoms with Crippen molar-refractivity contribution >= 4 is 36.7 Å². The standard InChI is InChI=1S/C14H15ClFNO4S/c1-8-10-7-9(16)5-6-11(10)17(12(8)22(15,19)20)13(18)21-14(2,3)4/h5-7H,1-4H3. The summed E-state index contributed by atoms with van der Waals surface area (Å²) in [7, 11) is 1.22. The lowest BCUT2D eigenvalue weighted by molar-refractivity contribution is 0.0530. The second-order valence-electron chi connectivity index (χ2n) is 5.85. The van der Waals surface area contributed by atoms with Gasteiger partial charge in [-0.15, -0.1) is 0 Å². The molecule has 0 saturated heterocycles. The van der Waals surface area contributed by atoms with Gasteiger partial charge in [-0.05, 0) is 51.5 Å². The molecule has 0 fully saturated rings. The molecule has 0 spiro atoms. The van der Waals surface area contributed by atoms with E-state index in [4.69, 9.17) is 15.4 Å². The number of halogens is 2. The first-order chi connectivity index (χ1) is 9.92. The molecule has 0 aliphatic carbocycles. The molecule has 120 valence electrons. The van der Waals surface area contributed by atoms with Crippen molar-refractivity contribution in [2.45, 2.75) is 38.3 Å². The second-order valence-corrected chi connectivity index (χ2v) is 8.33. The molecule has 0 unspecified atom stereocenters. The summed E-state index contributed by atoms with van der Waals surface area (Å²) >= 11 is 0. The van der Waals surface area contributed by atoms with Crippen molar-refractivity contribution in [2.75, 3.05) is 0 Å². The summed E-state index contributed by atoms with van der Waals surface area (Å²) in [6, 6.07) is 3.59. The summed E-state index contributed by atoms with van der Waals surface area (Å²) in [5, 5.41) is -0.130. The van der Waals surface area contributed by atoms with Crippen molar-refractivity contribution in [3.63, 3.8) is 0 Å². The highest BCUT2D eigenvalue weighted by atomic mass is 35.7. The molecular weight excluding hydrogens is 333 g/mol. The van der Waals surface area contributed by atoms with Gasteiger partial charge in [-0.1, -0.05) is 0 Å². The Balaban J connectivity index is 2.84. The van der Waals surface area contributed by atoms with Gasteiger partial charge in [0.05, 0.1) is 5.52 Å². The molecule has 1 heterocycles. The number of fused-ring (bicyclic) bond motifs is 1. The Kier molecular flexibility index (Phi) is 3.99. The summed E-state index contributed by atoms with van der Waals surface area (Å²) in [4.78, 5) is 12.4. The highest BCUT2D eigenvalue weighted by molar-refractivity contribution is 8.13. The van der Waals surface area contributed by atoms with Crippen LogP contribution in [0.1, 0.15) is 26.3 Å². The Morgan fingerprint density at radius 2 is 1.91 bits per heavy atom. The number of carbonyl (C=O) groups is 1. The average Bonchev–Trinajstić information content (AvgIpc) is 2.60. The first-order valence-corrected chi connectivity index (χ1v) is 8.71. The number of aromatic nitrogens is 1. The van der Waals surface area contributed by atoms with Crippen molar-refractivity contribution < 1.29 is 22.3 Å². The third-order valence-corrected chi connectivity index (χ3v) is 4.32. The van der Waals surface area contributed by atoms with Crippen LogP contribution in [0.15, 0.2) is 23.2 Å². The second kappa shape index (κ2) is 5.24. The van der Waals surface area contributed by atoms with E-state index >= 15 is 0 Å². The Morgan fingerprint density at radius 1 is 1.32 bits per heavy atom. The van der Waals surface area contributed by atoms with E-state index in [0.29, 0.717) is 0 Å². The zero-order valence-corrected chi connectivity index (χ0v) is 14.0. The number of aryl methyl sites for hydroxylation is 1. The molecule has 8 heteroatoms. The van der Waals surface area contributed by atoms with Crippen LogP contribution in [0, 0.1) is 12.7 Å². The first kappa shape index (κ1) is 16.8. The van der Waals surface area contributed by atoms with Crippen LogP contribution in [0.25, 0.3) is 10.9 Å². The first-order valence-electron chi connectivity index (χ1n) is 6.40. The van der Waals surface area contributed by atoms with Crippen molar-refractivity contribution in [1.29, 1.82) is 0 Å². The van der Waals surface area contributed by atoms with Gasteiger partial charge in [0.25, 0.3) is 9.05 Å². The van der Waals surface area contributed by atoms with E-state index in [9.17, 15) is 17.6 Å². The minimum Gasteiger partial charge on any atom is -0.443 e. The maximum absolute atomic E-state index is 13.4. The smallest absolute Gasteiger partial charge is 0.420 e. The largest absolute Gasteiger partial charge is 0.443 e. The molecule has 0 aliphatic rings. The molecule has 0 atom stereocenters. The van der Waals surface area contributed by atoms with Gasteiger partial charge in [-0.2, -0.15) is 0 Å². The van der Waals surface area contributed by atoms with E-state index in [0.717, 1.165) is 16.7 Å². The van der Waals surface area contributed by atoms with Gasteiger partial charge in [0.15, 0.2) is 5.03 Å². The van der Waals surface area contributed by atoms with Gasteiger partial charge in [0.2, 0.25) is 0 Å². The molecule has 0 saturated carbocycles. The number of benzene rings is 1.